The molecule has 88 valence electrons. The zero-order valence-electron chi connectivity index (χ0n) is 10.0. The molecule has 1 aromatic heterocycles. The Morgan fingerprint density at radius 3 is 2.81 bits per heavy atom. The molecule has 0 bridgehead atoms. The van der Waals surface area contributed by atoms with Gasteiger partial charge in [0, 0.05) is 11.5 Å². The maximum absolute atomic E-state index is 12.1. The smallest absolute Gasteiger partial charge is 0.171 e. The van der Waals surface area contributed by atoms with Crippen LogP contribution in [0.2, 0.25) is 0 Å². The van der Waals surface area contributed by atoms with Gasteiger partial charge in [-0.15, -0.1) is 11.3 Å². The number of Topliss-reactive ketones (excluding diaryl/α,β-unsaturated/α-hetero) is 1. The minimum atomic E-state index is -0.562. The molecular weight excluding hydrogens is 222 g/mol. The molecule has 0 N–H and O–H groups in total. The molecule has 1 aliphatic heterocycles. The average Bonchev–Trinajstić information content (AvgIpc) is 2.76. The van der Waals surface area contributed by atoms with E-state index in [0.717, 1.165) is 23.5 Å². The van der Waals surface area contributed by atoms with Gasteiger partial charge in [0.05, 0.1) is 12.1 Å². The first kappa shape index (κ1) is 11.7. The van der Waals surface area contributed by atoms with Gasteiger partial charge in [0.25, 0.3) is 0 Å². The number of aryl methyl sites for hydroxylation is 2. The van der Waals surface area contributed by atoms with Crippen molar-refractivity contribution in [2.45, 2.75) is 45.6 Å². The highest BCUT2D eigenvalue weighted by molar-refractivity contribution is 7.11. The van der Waals surface area contributed by atoms with Crippen molar-refractivity contribution in [3.8, 4) is 0 Å². The van der Waals surface area contributed by atoms with E-state index in [-0.39, 0.29) is 5.78 Å². The van der Waals surface area contributed by atoms with Crippen LogP contribution in [0.5, 0.6) is 0 Å². The third-order valence-corrected chi connectivity index (χ3v) is 4.27. The van der Waals surface area contributed by atoms with Crippen molar-refractivity contribution >= 4 is 17.1 Å². The molecule has 0 spiro atoms. The Bertz CT molecular complexity index is 386. The second-order valence-corrected chi connectivity index (χ2v) is 5.82. The van der Waals surface area contributed by atoms with Crippen LogP contribution in [0, 0.1) is 13.8 Å². The summed E-state index contributed by atoms with van der Waals surface area (Å²) < 4.78 is 5.54. The van der Waals surface area contributed by atoms with E-state index >= 15 is 0 Å². The highest BCUT2D eigenvalue weighted by Crippen LogP contribution is 2.28. The Kier molecular flexibility index (Phi) is 3.13. The van der Waals surface area contributed by atoms with Crippen LogP contribution in [0.4, 0.5) is 0 Å². The summed E-state index contributed by atoms with van der Waals surface area (Å²) >= 11 is 1.61. The van der Waals surface area contributed by atoms with E-state index in [1.54, 1.807) is 11.3 Å². The molecule has 1 aliphatic rings. The lowest BCUT2D eigenvalue weighted by molar-refractivity contribution is -0.136. The molecule has 2 heterocycles. The van der Waals surface area contributed by atoms with Gasteiger partial charge in [-0.05, 0) is 33.6 Å². The van der Waals surface area contributed by atoms with E-state index in [2.05, 4.69) is 4.98 Å². The molecule has 0 radical (unpaired) electrons. The van der Waals surface area contributed by atoms with Crippen molar-refractivity contribution in [1.82, 2.24) is 4.98 Å². The van der Waals surface area contributed by atoms with Crippen molar-refractivity contribution in [2.24, 2.45) is 0 Å². The van der Waals surface area contributed by atoms with E-state index in [4.69, 9.17) is 4.74 Å². The van der Waals surface area contributed by atoms with E-state index in [1.807, 2.05) is 20.8 Å². The molecule has 4 heteroatoms. The number of ketones is 1. The van der Waals surface area contributed by atoms with E-state index in [9.17, 15) is 4.79 Å². The largest absolute Gasteiger partial charge is 0.367 e. The lowest BCUT2D eigenvalue weighted by Gasteiger charge is -2.20. The zero-order valence-corrected chi connectivity index (χ0v) is 10.8. The van der Waals surface area contributed by atoms with Crippen LogP contribution in [-0.4, -0.2) is 23.0 Å². The fourth-order valence-electron chi connectivity index (χ4n) is 1.94. The summed E-state index contributed by atoms with van der Waals surface area (Å²) in [6.45, 7) is 6.62. The molecule has 1 aromatic rings. The van der Waals surface area contributed by atoms with Crippen LogP contribution >= 0.6 is 11.3 Å². The number of thiazole rings is 1. The first-order valence-electron chi connectivity index (χ1n) is 5.61. The Labute approximate surface area is 99.8 Å². The molecule has 2 rings (SSSR count). The minimum absolute atomic E-state index is 0.166. The Morgan fingerprint density at radius 2 is 2.31 bits per heavy atom. The van der Waals surface area contributed by atoms with Gasteiger partial charge >= 0.3 is 0 Å². The maximum Gasteiger partial charge on any atom is 0.171 e. The summed E-state index contributed by atoms with van der Waals surface area (Å²) in [5.41, 5.74) is 0.471. The molecule has 0 saturated carbocycles. The number of aromatic nitrogens is 1. The Morgan fingerprint density at radius 1 is 1.56 bits per heavy atom. The van der Waals surface area contributed by atoms with Crippen LogP contribution in [0.1, 0.15) is 35.3 Å². The first-order valence-corrected chi connectivity index (χ1v) is 6.43. The molecule has 16 heavy (non-hydrogen) atoms. The number of hydrogen-bond donors (Lipinski definition) is 0. The lowest BCUT2D eigenvalue weighted by atomic mass is 9.95. The predicted molar refractivity (Wildman–Crippen MR) is 63.9 cm³/mol. The summed E-state index contributed by atoms with van der Waals surface area (Å²) in [6, 6.07) is 0. The van der Waals surface area contributed by atoms with Gasteiger partial charge in [-0.25, -0.2) is 4.98 Å². The fraction of sp³-hybridized carbons (Fsp3) is 0.667. The van der Waals surface area contributed by atoms with Crippen LogP contribution in [-0.2, 0) is 16.0 Å². The fourth-order valence-corrected chi connectivity index (χ4v) is 2.87. The molecule has 0 amide bonds. The molecular formula is C12H17NO2S. The highest BCUT2D eigenvalue weighted by atomic mass is 32.1. The highest BCUT2D eigenvalue weighted by Gasteiger charge is 2.37. The van der Waals surface area contributed by atoms with Gasteiger partial charge in [-0.1, -0.05) is 0 Å². The lowest BCUT2D eigenvalue weighted by Crippen LogP contribution is -2.35. The van der Waals surface area contributed by atoms with Crippen molar-refractivity contribution in [1.29, 1.82) is 0 Å². The summed E-state index contributed by atoms with van der Waals surface area (Å²) in [6.07, 6.45) is 2.24. The molecule has 1 saturated heterocycles. The van der Waals surface area contributed by atoms with Crippen LogP contribution in [0.3, 0.4) is 0 Å². The number of carbonyl (C=O) groups is 1. The SMILES string of the molecule is Cc1nc(CC(=O)C2(C)CCCO2)sc1C. The number of rotatable bonds is 3. The van der Waals surface area contributed by atoms with Crippen molar-refractivity contribution in [3.05, 3.63) is 15.6 Å². The number of ether oxygens (including phenoxy) is 1. The van der Waals surface area contributed by atoms with Gasteiger partial charge in [0.2, 0.25) is 0 Å². The average molecular weight is 239 g/mol. The van der Waals surface area contributed by atoms with Crippen molar-refractivity contribution < 1.29 is 9.53 Å². The summed E-state index contributed by atoms with van der Waals surface area (Å²) in [4.78, 5) is 17.7. The number of hydrogen-bond acceptors (Lipinski definition) is 4. The molecule has 3 nitrogen and oxygen atoms in total. The third-order valence-electron chi connectivity index (χ3n) is 3.19. The van der Waals surface area contributed by atoms with E-state index in [0.29, 0.717) is 13.0 Å². The number of nitrogens with zero attached hydrogens (tertiary/aromatic N) is 1. The number of carbonyl (C=O) groups excluding carboxylic acids is 1. The van der Waals surface area contributed by atoms with Crippen LogP contribution in [0.15, 0.2) is 0 Å². The van der Waals surface area contributed by atoms with Crippen LogP contribution in [0.25, 0.3) is 0 Å². The van der Waals surface area contributed by atoms with Crippen molar-refractivity contribution in [3.63, 3.8) is 0 Å². The second kappa shape index (κ2) is 4.26. The molecule has 1 atom stereocenters. The summed E-state index contributed by atoms with van der Waals surface area (Å²) in [5.74, 6) is 0.166. The second-order valence-electron chi connectivity index (χ2n) is 4.53. The monoisotopic (exact) mass is 239 g/mol. The third kappa shape index (κ3) is 2.18. The standard InChI is InChI=1S/C12H17NO2S/c1-8-9(2)16-11(13-8)7-10(14)12(3)5-4-6-15-12/h4-7H2,1-3H3. The molecule has 1 unspecified atom stereocenters. The zero-order chi connectivity index (χ0) is 11.8. The Hall–Kier alpha value is -0.740. The Balaban J connectivity index is 2.07. The van der Waals surface area contributed by atoms with E-state index < -0.39 is 5.60 Å². The van der Waals surface area contributed by atoms with Crippen molar-refractivity contribution in [2.75, 3.05) is 6.61 Å². The topological polar surface area (TPSA) is 39.2 Å². The maximum atomic E-state index is 12.1. The summed E-state index contributed by atoms with van der Waals surface area (Å²) in [7, 11) is 0. The van der Waals surface area contributed by atoms with Gasteiger partial charge in [0.1, 0.15) is 10.6 Å². The van der Waals surface area contributed by atoms with Gasteiger partial charge in [-0.2, -0.15) is 0 Å². The molecule has 0 aliphatic carbocycles. The molecule has 1 fully saturated rings. The predicted octanol–water partition coefficient (Wildman–Crippen LogP) is 2.44. The van der Waals surface area contributed by atoms with Gasteiger partial charge < -0.3 is 4.74 Å². The minimum Gasteiger partial charge on any atom is -0.367 e. The van der Waals surface area contributed by atoms with Crippen LogP contribution < -0.4 is 0 Å². The molecule has 0 aromatic carbocycles. The summed E-state index contributed by atoms with van der Waals surface area (Å²) in [5, 5.41) is 0.914. The van der Waals surface area contributed by atoms with Gasteiger partial charge in [0.15, 0.2) is 5.78 Å². The normalized spacial score (nSPS) is 24.9. The van der Waals surface area contributed by atoms with E-state index in [1.165, 1.54) is 4.88 Å². The first-order chi connectivity index (χ1) is 7.51. The quantitative estimate of drug-likeness (QED) is 0.813. The van der Waals surface area contributed by atoms with Gasteiger partial charge in [-0.3, -0.25) is 4.79 Å².